The monoisotopic (exact) mass is 456 g/mol. The minimum absolute atomic E-state index is 0.0165. The van der Waals surface area contributed by atoms with Crippen molar-refractivity contribution in [2.24, 2.45) is 0 Å². The minimum atomic E-state index is -0.236. The van der Waals surface area contributed by atoms with Gasteiger partial charge in [-0.2, -0.15) is 0 Å². The van der Waals surface area contributed by atoms with Crippen LogP contribution in [0, 0.1) is 6.92 Å². The summed E-state index contributed by atoms with van der Waals surface area (Å²) in [7, 11) is 1.65. The highest BCUT2D eigenvalue weighted by Crippen LogP contribution is 2.37. The number of fused-ring (bicyclic) bond motifs is 1. The lowest BCUT2D eigenvalue weighted by Gasteiger charge is -2.26. The Morgan fingerprint density at radius 2 is 2.09 bits per heavy atom. The molecule has 2 aromatic heterocycles. The number of amides is 1. The van der Waals surface area contributed by atoms with Gasteiger partial charge in [0, 0.05) is 61.3 Å². The summed E-state index contributed by atoms with van der Waals surface area (Å²) in [6.45, 7) is 6.63. The summed E-state index contributed by atoms with van der Waals surface area (Å²) in [4.78, 5) is 23.0. The normalized spacial score (nSPS) is 15.6. The molecule has 2 N–H and O–H groups in total. The van der Waals surface area contributed by atoms with Crippen LogP contribution in [0.2, 0.25) is 5.15 Å². The summed E-state index contributed by atoms with van der Waals surface area (Å²) in [5, 5.41) is 4.50. The molecule has 1 aromatic carbocycles. The van der Waals surface area contributed by atoms with Crippen LogP contribution in [-0.4, -0.2) is 67.3 Å². The van der Waals surface area contributed by atoms with E-state index in [0.29, 0.717) is 11.7 Å². The van der Waals surface area contributed by atoms with E-state index in [1.54, 1.807) is 7.11 Å². The first-order chi connectivity index (χ1) is 15.5. The van der Waals surface area contributed by atoms with E-state index >= 15 is 0 Å². The first-order valence-corrected chi connectivity index (χ1v) is 11.3. The zero-order chi connectivity index (χ0) is 22.5. The Morgan fingerprint density at radius 1 is 1.28 bits per heavy atom. The summed E-state index contributed by atoms with van der Waals surface area (Å²) < 4.78 is 10.8. The number of morpholine rings is 1. The smallest absolute Gasteiger partial charge is 0.220 e. The predicted molar refractivity (Wildman–Crippen MR) is 126 cm³/mol. The second-order valence-corrected chi connectivity index (χ2v) is 8.41. The van der Waals surface area contributed by atoms with E-state index < -0.39 is 0 Å². The Labute approximate surface area is 193 Å². The molecular formula is C24H29ClN4O3. The molecular weight excluding hydrogens is 428 g/mol. The zero-order valence-electron chi connectivity index (χ0n) is 18.5. The van der Waals surface area contributed by atoms with Gasteiger partial charge in [0.2, 0.25) is 5.91 Å². The van der Waals surface area contributed by atoms with Crippen molar-refractivity contribution in [3.63, 3.8) is 0 Å². The van der Waals surface area contributed by atoms with Crippen molar-refractivity contribution in [2.45, 2.75) is 19.3 Å². The van der Waals surface area contributed by atoms with Crippen LogP contribution in [0.4, 0.5) is 0 Å². The SMILES string of the molecule is COc1ccc2[nH]cc(C(CC(=O)NCCN3CCOCC3)c3ccc(C)nc3Cl)c2c1. The van der Waals surface area contributed by atoms with Gasteiger partial charge in [-0.25, -0.2) is 4.98 Å². The number of aromatic nitrogens is 2. The molecule has 1 saturated heterocycles. The van der Waals surface area contributed by atoms with Gasteiger partial charge >= 0.3 is 0 Å². The summed E-state index contributed by atoms with van der Waals surface area (Å²) in [6, 6.07) is 9.78. The Morgan fingerprint density at radius 3 is 2.84 bits per heavy atom. The molecule has 0 bridgehead atoms. The van der Waals surface area contributed by atoms with Gasteiger partial charge in [-0.15, -0.1) is 0 Å². The summed E-state index contributed by atoms with van der Waals surface area (Å²) >= 11 is 6.54. The Bertz CT molecular complexity index is 1080. The average Bonchev–Trinajstić information content (AvgIpc) is 3.21. The molecule has 32 heavy (non-hydrogen) atoms. The van der Waals surface area contributed by atoms with Gasteiger partial charge in [-0.1, -0.05) is 17.7 Å². The molecule has 4 rings (SSSR count). The number of rotatable bonds is 8. The molecule has 1 amide bonds. The Hall–Kier alpha value is -2.61. The Balaban J connectivity index is 1.56. The molecule has 7 nitrogen and oxygen atoms in total. The van der Waals surface area contributed by atoms with Crippen LogP contribution in [0.5, 0.6) is 5.75 Å². The number of nitrogens with one attached hydrogen (secondary N) is 2. The molecule has 3 aromatic rings. The summed E-state index contributed by atoms with van der Waals surface area (Å²) in [5.41, 5.74) is 3.65. The van der Waals surface area contributed by atoms with Crippen molar-refractivity contribution < 1.29 is 14.3 Å². The number of hydrogen-bond donors (Lipinski definition) is 2. The highest BCUT2D eigenvalue weighted by Gasteiger charge is 2.24. The Kier molecular flexibility index (Phi) is 7.29. The molecule has 3 heterocycles. The third-order valence-corrected chi connectivity index (χ3v) is 6.23. The fourth-order valence-electron chi connectivity index (χ4n) is 4.16. The lowest BCUT2D eigenvalue weighted by molar-refractivity contribution is -0.121. The van der Waals surface area contributed by atoms with E-state index in [4.69, 9.17) is 21.1 Å². The van der Waals surface area contributed by atoms with Crippen molar-refractivity contribution in [3.8, 4) is 5.75 Å². The van der Waals surface area contributed by atoms with Gasteiger partial charge < -0.3 is 19.8 Å². The number of halogens is 1. The number of methoxy groups -OCH3 is 1. The van der Waals surface area contributed by atoms with Gasteiger partial charge in [-0.3, -0.25) is 9.69 Å². The number of H-pyrrole nitrogens is 1. The van der Waals surface area contributed by atoms with Crippen LogP contribution in [0.3, 0.4) is 0 Å². The van der Waals surface area contributed by atoms with Crippen LogP contribution in [0.15, 0.2) is 36.5 Å². The van der Waals surface area contributed by atoms with Gasteiger partial charge in [0.05, 0.1) is 20.3 Å². The van der Waals surface area contributed by atoms with Crippen LogP contribution >= 0.6 is 11.6 Å². The number of nitrogens with zero attached hydrogens (tertiary/aromatic N) is 2. The maximum Gasteiger partial charge on any atom is 0.220 e. The van der Waals surface area contributed by atoms with Gasteiger partial charge in [0.1, 0.15) is 10.9 Å². The quantitative estimate of drug-likeness (QED) is 0.507. The van der Waals surface area contributed by atoms with Crippen LogP contribution in [0.25, 0.3) is 10.9 Å². The number of carbonyl (C=O) groups excluding carboxylic acids is 1. The van der Waals surface area contributed by atoms with Crippen molar-refractivity contribution in [2.75, 3.05) is 46.5 Å². The maximum absolute atomic E-state index is 12.9. The first kappa shape index (κ1) is 22.6. The van der Waals surface area contributed by atoms with E-state index in [1.165, 1.54) is 0 Å². The number of ether oxygens (including phenoxy) is 2. The van der Waals surface area contributed by atoms with E-state index in [0.717, 1.165) is 66.3 Å². The second-order valence-electron chi connectivity index (χ2n) is 8.05. The molecule has 1 aliphatic rings. The number of carbonyl (C=O) groups is 1. The van der Waals surface area contributed by atoms with E-state index in [9.17, 15) is 4.79 Å². The molecule has 170 valence electrons. The topological polar surface area (TPSA) is 79.5 Å². The van der Waals surface area contributed by atoms with Gasteiger partial charge in [0.15, 0.2) is 0 Å². The van der Waals surface area contributed by atoms with Crippen molar-refractivity contribution in [1.29, 1.82) is 0 Å². The van der Waals surface area contributed by atoms with Crippen LogP contribution in [-0.2, 0) is 9.53 Å². The lowest BCUT2D eigenvalue weighted by Crippen LogP contribution is -2.41. The highest BCUT2D eigenvalue weighted by atomic mass is 35.5. The van der Waals surface area contributed by atoms with E-state index in [2.05, 4.69) is 20.2 Å². The molecule has 0 spiro atoms. The highest BCUT2D eigenvalue weighted by molar-refractivity contribution is 6.30. The zero-order valence-corrected chi connectivity index (χ0v) is 19.2. The molecule has 0 saturated carbocycles. The maximum atomic E-state index is 12.9. The average molecular weight is 457 g/mol. The fraction of sp³-hybridized carbons (Fsp3) is 0.417. The number of benzene rings is 1. The van der Waals surface area contributed by atoms with E-state index in [1.807, 2.05) is 43.5 Å². The largest absolute Gasteiger partial charge is 0.497 e. The molecule has 8 heteroatoms. The van der Waals surface area contributed by atoms with Gasteiger partial charge in [-0.05, 0) is 42.3 Å². The number of aromatic amines is 1. The third kappa shape index (κ3) is 5.23. The van der Waals surface area contributed by atoms with E-state index in [-0.39, 0.29) is 18.2 Å². The minimum Gasteiger partial charge on any atom is -0.497 e. The number of pyridine rings is 1. The molecule has 0 aliphatic carbocycles. The summed E-state index contributed by atoms with van der Waals surface area (Å²) in [6.07, 6.45) is 2.23. The third-order valence-electron chi connectivity index (χ3n) is 5.93. The van der Waals surface area contributed by atoms with Gasteiger partial charge in [0.25, 0.3) is 0 Å². The van der Waals surface area contributed by atoms with Crippen LogP contribution in [0.1, 0.15) is 29.2 Å². The molecule has 1 atom stereocenters. The molecule has 1 unspecified atom stereocenters. The fourth-order valence-corrected chi connectivity index (χ4v) is 4.48. The first-order valence-electron chi connectivity index (χ1n) is 10.9. The lowest BCUT2D eigenvalue weighted by atomic mass is 9.88. The summed E-state index contributed by atoms with van der Waals surface area (Å²) in [5.74, 6) is 0.511. The van der Waals surface area contributed by atoms with Crippen molar-refractivity contribution in [3.05, 3.63) is 58.5 Å². The van der Waals surface area contributed by atoms with Crippen molar-refractivity contribution >= 4 is 28.4 Å². The predicted octanol–water partition coefficient (Wildman–Crippen LogP) is 3.50. The molecule has 1 aliphatic heterocycles. The molecule has 1 fully saturated rings. The number of aryl methyl sites for hydroxylation is 1. The van der Waals surface area contributed by atoms with Crippen LogP contribution < -0.4 is 10.1 Å². The van der Waals surface area contributed by atoms with Crippen molar-refractivity contribution in [1.82, 2.24) is 20.2 Å². The standard InChI is InChI=1S/C24H29ClN4O3/c1-16-3-5-18(24(25)28-16)19(14-23(30)26-7-8-29-9-11-32-12-10-29)21-15-27-22-6-4-17(31-2)13-20(21)22/h3-6,13,15,19,27H,7-12,14H2,1-2H3,(H,26,30). The second kappa shape index (κ2) is 10.3. The molecule has 0 radical (unpaired) electrons. The number of hydrogen-bond acceptors (Lipinski definition) is 5.